The normalized spacial score (nSPS) is 10.2. The number of halogens is 5. The molecule has 1 N–H and O–H groups in total. The molecule has 17 heavy (non-hydrogen) atoms. The number of hydrogen-bond acceptors (Lipinski definition) is 3. The first-order valence-electron chi connectivity index (χ1n) is 3.74. The number of carbonyl (C=O) groups excluding carboxylic acids is 1. The molecule has 0 fully saturated rings. The number of nitrogens with one attached hydrogen (secondary N) is 1. The number of rotatable bonds is 2. The smallest absolute Gasteiger partial charge is 0.304 e. The summed E-state index contributed by atoms with van der Waals surface area (Å²) in [7, 11) is 0. The van der Waals surface area contributed by atoms with Crippen molar-refractivity contribution in [3.63, 3.8) is 0 Å². The molecule has 0 radical (unpaired) electrons. The summed E-state index contributed by atoms with van der Waals surface area (Å²) in [6.45, 7) is 0. The Balaban J connectivity index is 3.65. The molecule has 1 aromatic carbocycles. The van der Waals surface area contributed by atoms with Crippen molar-refractivity contribution in [1.82, 2.24) is 0 Å². The number of carbonyl (C=O) groups is 1. The first kappa shape index (κ1) is 13.2. The highest BCUT2D eigenvalue weighted by Gasteiger charge is 2.33. The third kappa shape index (κ3) is 2.28. The second kappa shape index (κ2) is 4.53. The maximum absolute atomic E-state index is 13.1. The maximum Gasteiger partial charge on any atom is 0.334 e. The SMILES string of the molecule is O=C(Cl)Nc1c(F)c(F)c(F)c(F)c1[N+](=O)[O-]. The predicted octanol–water partition coefficient (Wildman–Crippen LogP) is 2.92. The highest BCUT2D eigenvalue weighted by molar-refractivity contribution is 6.65. The Labute approximate surface area is 95.1 Å². The molecular weight excluding hydrogens is 272 g/mol. The number of nitro benzene ring substituents is 1. The zero-order chi connectivity index (χ0) is 13.3. The lowest BCUT2D eigenvalue weighted by molar-refractivity contribution is -0.387. The molecule has 0 spiro atoms. The second-order valence-electron chi connectivity index (χ2n) is 2.64. The monoisotopic (exact) mass is 272 g/mol. The zero-order valence-electron chi connectivity index (χ0n) is 7.56. The Kier molecular flexibility index (Phi) is 3.51. The van der Waals surface area contributed by atoms with Gasteiger partial charge in [0.1, 0.15) is 0 Å². The van der Waals surface area contributed by atoms with Crippen LogP contribution in [0.3, 0.4) is 0 Å². The fourth-order valence-corrected chi connectivity index (χ4v) is 1.10. The van der Waals surface area contributed by atoms with E-state index in [0.717, 1.165) is 0 Å². The molecule has 0 heterocycles. The van der Waals surface area contributed by atoms with Crippen LogP contribution in [0.1, 0.15) is 0 Å². The van der Waals surface area contributed by atoms with Gasteiger partial charge in [-0.1, -0.05) is 0 Å². The Morgan fingerprint density at radius 3 is 2.00 bits per heavy atom. The molecule has 0 saturated carbocycles. The molecule has 10 heteroatoms. The van der Waals surface area contributed by atoms with Crippen LogP contribution >= 0.6 is 11.6 Å². The fourth-order valence-electron chi connectivity index (χ4n) is 1.00. The molecule has 5 nitrogen and oxygen atoms in total. The molecule has 1 amide bonds. The Morgan fingerprint density at radius 2 is 1.59 bits per heavy atom. The summed E-state index contributed by atoms with van der Waals surface area (Å²) in [5, 5.41) is 10.1. The van der Waals surface area contributed by atoms with Gasteiger partial charge in [-0.25, -0.2) is 13.2 Å². The van der Waals surface area contributed by atoms with Crippen LogP contribution in [0.2, 0.25) is 0 Å². The van der Waals surface area contributed by atoms with E-state index < -0.39 is 44.9 Å². The van der Waals surface area contributed by atoms with Crippen LogP contribution in [0.5, 0.6) is 0 Å². The van der Waals surface area contributed by atoms with E-state index in [1.807, 2.05) is 0 Å². The van der Waals surface area contributed by atoms with Gasteiger partial charge in [0.15, 0.2) is 17.3 Å². The fraction of sp³-hybridized carbons (Fsp3) is 0. The molecule has 0 aliphatic heterocycles. The van der Waals surface area contributed by atoms with Crippen molar-refractivity contribution in [2.45, 2.75) is 0 Å². The lowest BCUT2D eigenvalue weighted by Crippen LogP contribution is -2.11. The summed E-state index contributed by atoms with van der Waals surface area (Å²) in [6, 6.07) is 0. The number of nitrogens with zero attached hydrogens (tertiary/aromatic N) is 1. The summed E-state index contributed by atoms with van der Waals surface area (Å²) >= 11 is 4.73. The van der Waals surface area contributed by atoms with Gasteiger partial charge in [-0.2, -0.15) is 4.39 Å². The van der Waals surface area contributed by atoms with Crippen molar-refractivity contribution < 1.29 is 27.3 Å². The largest absolute Gasteiger partial charge is 0.334 e. The third-order valence-corrected chi connectivity index (χ3v) is 1.74. The minimum atomic E-state index is -2.36. The molecule has 0 aromatic heterocycles. The van der Waals surface area contributed by atoms with Crippen molar-refractivity contribution in [3.05, 3.63) is 33.4 Å². The van der Waals surface area contributed by atoms with Gasteiger partial charge in [-0.3, -0.25) is 14.9 Å². The third-order valence-electron chi connectivity index (χ3n) is 1.65. The predicted molar refractivity (Wildman–Crippen MR) is 47.8 cm³/mol. The van der Waals surface area contributed by atoms with Crippen LogP contribution in [0, 0.1) is 33.4 Å². The van der Waals surface area contributed by atoms with Gasteiger partial charge >= 0.3 is 11.1 Å². The average molecular weight is 273 g/mol. The van der Waals surface area contributed by atoms with Crippen molar-refractivity contribution in [1.29, 1.82) is 0 Å². The number of hydrogen-bond donors (Lipinski definition) is 1. The number of amides is 1. The molecule has 0 aliphatic carbocycles. The number of nitro groups is 1. The van der Waals surface area contributed by atoms with Gasteiger partial charge in [0.2, 0.25) is 11.6 Å². The van der Waals surface area contributed by atoms with E-state index in [0.29, 0.717) is 0 Å². The van der Waals surface area contributed by atoms with E-state index in [9.17, 15) is 32.5 Å². The Morgan fingerprint density at radius 1 is 1.12 bits per heavy atom. The number of anilines is 1. The van der Waals surface area contributed by atoms with E-state index in [2.05, 4.69) is 0 Å². The minimum Gasteiger partial charge on any atom is -0.304 e. The molecule has 0 saturated heterocycles. The molecule has 0 aliphatic rings. The lowest BCUT2D eigenvalue weighted by atomic mass is 10.2. The van der Waals surface area contributed by atoms with Gasteiger partial charge in [0.25, 0.3) is 0 Å². The van der Waals surface area contributed by atoms with Gasteiger partial charge in [-0.15, -0.1) is 0 Å². The van der Waals surface area contributed by atoms with Crippen molar-refractivity contribution in [2.75, 3.05) is 5.32 Å². The standard InChI is InChI=1S/C7HClF4N2O3/c8-7(15)13-5-3(11)1(9)2(10)4(12)6(5)14(16)17/h(H,13,15). The lowest BCUT2D eigenvalue weighted by Gasteiger charge is -2.06. The summed E-state index contributed by atoms with van der Waals surface area (Å²) in [4.78, 5) is 19.2. The average Bonchev–Trinajstić information content (AvgIpc) is 2.22. The van der Waals surface area contributed by atoms with Crippen LogP contribution in [0.4, 0.5) is 33.7 Å². The van der Waals surface area contributed by atoms with Gasteiger partial charge in [0, 0.05) is 0 Å². The molecule has 0 unspecified atom stereocenters. The Hall–Kier alpha value is -1.90. The van der Waals surface area contributed by atoms with Crippen LogP contribution in [-0.2, 0) is 0 Å². The van der Waals surface area contributed by atoms with Crippen LogP contribution in [0.25, 0.3) is 0 Å². The topological polar surface area (TPSA) is 72.2 Å². The van der Waals surface area contributed by atoms with E-state index in [4.69, 9.17) is 11.6 Å². The van der Waals surface area contributed by atoms with Gasteiger partial charge < -0.3 is 5.32 Å². The van der Waals surface area contributed by atoms with Gasteiger partial charge in [-0.05, 0) is 11.6 Å². The second-order valence-corrected chi connectivity index (χ2v) is 2.98. The quantitative estimate of drug-likeness (QED) is 0.171. The molecule has 0 atom stereocenters. The van der Waals surface area contributed by atoms with Crippen LogP contribution in [0.15, 0.2) is 0 Å². The summed E-state index contributed by atoms with van der Waals surface area (Å²) in [6.07, 6.45) is 0. The van der Waals surface area contributed by atoms with Crippen molar-refractivity contribution >= 4 is 28.3 Å². The highest BCUT2D eigenvalue weighted by atomic mass is 35.5. The highest BCUT2D eigenvalue weighted by Crippen LogP contribution is 2.34. The molecular formula is C7HClF4N2O3. The summed E-state index contributed by atoms with van der Waals surface area (Å²) in [5.74, 6) is -9.02. The molecule has 92 valence electrons. The zero-order valence-corrected chi connectivity index (χ0v) is 8.32. The molecule has 0 bridgehead atoms. The van der Waals surface area contributed by atoms with Crippen molar-refractivity contribution in [2.24, 2.45) is 0 Å². The van der Waals surface area contributed by atoms with E-state index in [1.54, 1.807) is 0 Å². The summed E-state index contributed by atoms with van der Waals surface area (Å²) in [5.41, 5.74) is -3.23. The van der Waals surface area contributed by atoms with E-state index >= 15 is 0 Å². The first-order valence-corrected chi connectivity index (χ1v) is 4.12. The molecule has 1 aromatic rings. The Bertz CT molecular complexity index is 523. The first-order chi connectivity index (χ1) is 7.77. The van der Waals surface area contributed by atoms with E-state index in [1.165, 1.54) is 5.32 Å². The minimum absolute atomic E-state index is 1.30. The number of benzene rings is 1. The van der Waals surface area contributed by atoms with Crippen LogP contribution < -0.4 is 5.32 Å². The molecule has 1 rings (SSSR count). The van der Waals surface area contributed by atoms with Gasteiger partial charge in [0.05, 0.1) is 4.92 Å². The maximum atomic E-state index is 13.1. The van der Waals surface area contributed by atoms with E-state index in [-0.39, 0.29) is 0 Å². The van der Waals surface area contributed by atoms with Crippen LogP contribution in [-0.4, -0.2) is 10.3 Å². The van der Waals surface area contributed by atoms with Crippen molar-refractivity contribution in [3.8, 4) is 0 Å². The summed E-state index contributed by atoms with van der Waals surface area (Å²) < 4.78 is 51.5.